The monoisotopic (exact) mass is 195 g/mol. The second-order valence-corrected chi connectivity index (χ2v) is 5.94. The molecule has 0 aliphatic carbocycles. The molecule has 0 fully saturated rings. The number of carbonyl (C=O) groups is 1. The molecular formula is C6H13NO2S2. The maximum absolute atomic E-state index is 10.7. The zero-order valence-electron chi connectivity index (χ0n) is 7.13. The number of rotatable bonds is 1. The Morgan fingerprint density at radius 2 is 2.00 bits per heavy atom. The van der Waals surface area contributed by atoms with E-state index < -0.39 is 15.7 Å². The lowest BCUT2D eigenvalue weighted by atomic mass is 10.3. The lowest BCUT2D eigenvalue weighted by molar-refractivity contribution is 0.178. The van der Waals surface area contributed by atoms with Gasteiger partial charge in [-0.1, -0.05) is 0 Å². The second kappa shape index (κ2) is 4.01. The van der Waals surface area contributed by atoms with Gasteiger partial charge in [-0.25, -0.2) is 4.79 Å². The minimum absolute atomic E-state index is 0.0798. The van der Waals surface area contributed by atoms with Crippen LogP contribution in [0.2, 0.25) is 0 Å². The van der Waals surface area contributed by atoms with E-state index >= 15 is 0 Å². The molecular weight excluding hydrogens is 182 g/mol. The Morgan fingerprint density at radius 3 is 2.27 bits per heavy atom. The van der Waals surface area contributed by atoms with E-state index in [9.17, 15) is 4.79 Å². The van der Waals surface area contributed by atoms with Crippen molar-refractivity contribution in [2.75, 3.05) is 7.11 Å². The Bertz CT molecular complexity index is 174. The number of methoxy groups -OCH3 is 1. The second-order valence-electron chi connectivity index (χ2n) is 2.97. The fourth-order valence-electron chi connectivity index (χ4n) is 0.270. The lowest BCUT2D eigenvalue weighted by Gasteiger charge is -2.20. The molecule has 0 bridgehead atoms. The van der Waals surface area contributed by atoms with Crippen LogP contribution < -0.4 is 4.72 Å². The fourth-order valence-corrected chi connectivity index (χ4v) is 1.02. The molecule has 0 aromatic heterocycles. The average molecular weight is 195 g/mol. The summed E-state index contributed by atoms with van der Waals surface area (Å²) in [5.41, 5.74) is 0. The molecule has 0 rings (SSSR count). The Labute approximate surface area is 74.2 Å². The molecule has 5 heteroatoms. The molecule has 0 aromatic rings. The Balaban J connectivity index is 3.99. The molecule has 1 atom stereocenters. The highest BCUT2D eigenvalue weighted by atomic mass is 32.8. The first-order valence-electron chi connectivity index (χ1n) is 3.14. The Morgan fingerprint density at radius 1 is 1.55 bits per heavy atom. The van der Waals surface area contributed by atoms with Crippen LogP contribution >= 0.6 is 0 Å². The quantitative estimate of drug-likeness (QED) is 0.682. The van der Waals surface area contributed by atoms with Crippen LogP contribution in [0.15, 0.2) is 0 Å². The van der Waals surface area contributed by atoms with Crippen molar-refractivity contribution in [3.8, 4) is 0 Å². The highest BCUT2D eigenvalue weighted by Crippen LogP contribution is 2.08. The van der Waals surface area contributed by atoms with Crippen LogP contribution in [0.5, 0.6) is 0 Å². The number of amides is 1. The summed E-state index contributed by atoms with van der Waals surface area (Å²) in [5, 5.41) is 0. The molecule has 0 aliphatic rings. The van der Waals surface area contributed by atoms with Gasteiger partial charge in [0.05, 0.1) is 7.11 Å². The maximum Gasteiger partial charge on any atom is 0.417 e. The maximum atomic E-state index is 10.7. The first kappa shape index (κ1) is 10.8. The van der Waals surface area contributed by atoms with Gasteiger partial charge in [-0.2, -0.15) is 0 Å². The average Bonchev–Trinajstić information content (AvgIpc) is 1.85. The summed E-state index contributed by atoms with van der Waals surface area (Å²) in [4.78, 5) is 10.7. The van der Waals surface area contributed by atoms with Crippen molar-refractivity contribution in [1.29, 1.82) is 0 Å². The van der Waals surface area contributed by atoms with E-state index in [1.807, 2.05) is 20.8 Å². The predicted octanol–water partition coefficient (Wildman–Crippen LogP) is 1.14. The molecule has 0 saturated heterocycles. The highest BCUT2D eigenvalue weighted by Gasteiger charge is 2.17. The minimum atomic E-state index is -0.559. The highest BCUT2D eigenvalue weighted by molar-refractivity contribution is 8.28. The summed E-state index contributed by atoms with van der Waals surface area (Å²) in [5.74, 6) is 0. The third-order valence-corrected chi connectivity index (χ3v) is 4.13. The summed E-state index contributed by atoms with van der Waals surface area (Å²) in [6, 6.07) is 0. The van der Waals surface area contributed by atoms with Crippen molar-refractivity contribution in [2.24, 2.45) is 0 Å². The molecule has 1 N–H and O–H groups in total. The van der Waals surface area contributed by atoms with Crippen molar-refractivity contribution < 1.29 is 9.53 Å². The molecule has 1 amide bonds. The van der Waals surface area contributed by atoms with Gasteiger partial charge in [0, 0.05) is 4.75 Å². The molecule has 11 heavy (non-hydrogen) atoms. The zero-order valence-corrected chi connectivity index (χ0v) is 8.77. The van der Waals surface area contributed by atoms with Crippen LogP contribution in [0.25, 0.3) is 0 Å². The van der Waals surface area contributed by atoms with Crippen LogP contribution in [0.1, 0.15) is 20.8 Å². The van der Waals surface area contributed by atoms with Crippen LogP contribution in [-0.4, -0.2) is 18.0 Å². The van der Waals surface area contributed by atoms with Gasteiger partial charge in [0.1, 0.15) is 0 Å². The van der Waals surface area contributed by atoms with E-state index in [1.54, 1.807) is 0 Å². The number of ether oxygens (including phenoxy) is 1. The standard InChI is InChI=1S/C6H13NO2S2/c1-6(2,3)11(10)7-5(8)9-4/h1-4H3,(H,7,8). The molecule has 0 radical (unpaired) electrons. The van der Waals surface area contributed by atoms with Crippen molar-refractivity contribution in [3.05, 3.63) is 0 Å². The number of carbonyl (C=O) groups excluding carboxylic acids is 1. The van der Waals surface area contributed by atoms with E-state index in [0.717, 1.165) is 0 Å². The largest absolute Gasteiger partial charge is 0.452 e. The summed E-state index contributed by atoms with van der Waals surface area (Å²) in [6.07, 6.45) is -0.460. The first-order chi connectivity index (χ1) is 4.88. The third kappa shape index (κ3) is 4.31. The summed E-state index contributed by atoms with van der Waals surface area (Å²) < 4.78 is 6.88. The van der Waals surface area contributed by atoms with Gasteiger partial charge in [0.25, 0.3) is 0 Å². The van der Waals surface area contributed by atoms with Crippen LogP contribution in [0, 0.1) is 0 Å². The number of nitrogens with one attached hydrogen (secondary N) is 1. The number of hydrogen-bond donors (Lipinski definition) is 1. The fraction of sp³-hybridized carbons (Fsp3) is 0.833. The van der Waals surface area contributed by atoms with E-state index in [2.05, 4.69) is 9.46 Å². The zero-order chi connectivity index (χ0) is 9.07. The third-order valence-electron chi connectivity index (χ3n) is 0.918. The van der Waals surface area contributed by atoms with E-state index in [-0.39, 0.29) is 4.75 Å². The van der Waals surface area contributed by atoms with Crippen LogP contribution in [0.3, 0.4) is 0 Å². The van der Waals surface area contributed by atoms with Gasteiger partial charge in [-0.15, -0.1) is 0 Å². The van der Waals surface area contributed by atoms with Crippen molar-refractivity contribution in [2.45, 2.75) is 25.5 Å². The molecule has 66 valence electrons. The van der Waals surface area contributed by atoms with Gasteiger partial charge in [0.2, 0.25) is 0 Å². The summed E-state index contributed by atoms with van der Waals surface area (Å²) >= 11 is 5.03. The molecule has 0 spiro atoms. The topological polar surface area (TPSA) is 38.3 Å². The van der Waals surface area contributed by atoms with Gasteiger partial charge in [0.15, 0.2) is 0 Å². The summed E-state index contributed by atoms with van der Waals surface area (Å²) in [7, 11) is 0.765. The molecule has 0 aliphatic heterocycles. The molecule has 1 unspecified atom stereocenters. The SMILES string of the molecule is COC(=O)NS(=S)C(C)(C)C. The van der Waals surface area contributed by atoms with Crippen LogP contribution in [-0.2, 0) is 25.6 Å². The Kier molecular flexibility index (Phi) is 3.96. The van der Waals surface area contributed by atoms with Crippen molar-refractivity contribution >= 4 is 26.9 Å². The molecule has 3 nitrogen and oxygen atoms in total. The molecule has 0 aromatic carbocycles. The van der Waals surface area contributed by atoms with E-state index in [4.69, 9.17) is 11.2 Å². The van der Waals surface area contributed by atoms with Crippen LogP contribution in [0.4, 0.5) is 4.79 Å². The molecule has 0 heterocycles. The Hall–Kier alpha value is -0.160. The smallest absolute Gasteiger partial charge is 0.417 e. The van der Waals surface area contributed by atoms with E-state index in [0.29, 0.717) is 0 Å². The van der Waals surface area contributed by atoms with Gasteiger partial charge < -0.3 is 4.74 Å². The minimum Gasteiger partial charge on any atom is -0.452 e. The number of hydrogen-bond acceptors (Lipinski definition) is 3. The van der Waals surface area contributed by atoms with Crippen molar-refractivity contribution in [3.63, 3.8) is 0 Å². The molecule has 0 saturated carbocycles. The van der Waals surface area contributed by atoms with Crippen molar-refractivity contribution in [1.82, 2.24) is 4.72 Å². The van der Waals surface area contributed by atoms with E-state index in [1.165, 1.54) is 7.11 Å². The van der Waals surface area contributed by atoms with Gasteiger partial charge in [-0.05, 0) is 41.6 Å². The lowest BCUT2D eigenvalue weighted by Crippen LogP contribution is -2.36. The predicted molar refractivity (Wildman–Crippen MR) is 50.0 cm³/mol. The van der Waals surface area contributed by atoms with Gasteiger partial charge >= 0.3 is 6.09 Å². The summed E-state index contributed by atoms with van der Waals surface area (Å²) in [6.45, 7) is 5.91. The first-order valence-corrected chi connectivity index (χ1v) is 5.29. The normalized spacial score (nSPS) is 13.8. The van der Waals surface area contributed by atoms with Gasteiger partial charge in [-0.3, -0.25) is 4.72 Å².